The van der Waals surface area contributed by atoms with Crippen LogP contribution in [0.15, 0.2) is 12.1 Å². The smallest absolute Gasteiger partial charge is 0.309 e. The van der Waals surface area contributed by atoms with E-state index in [-0.39, 0.29) is 37.2 Å². The SMILES string of the molecule is CCOC(=O)C1CC2(CCC2(F)F)CC1c1ccc(F)c(F)c1OC. The summed E-state index contributed by atoms with van der Waals surface area (Å²) >= 11 is 0. The van der Waals surface area contributed by atoms with Gasteiger partial charge in [-0.15, -0.1) is 0 Å². The molecule has 3 atom stereocenters. The number of alkyl halides is 2. The van der Waals surface area contributed by atoms with Crippen molar-refractivity contribution in [2.45, 2.75) is 44.4 Å². The maximum Gasteiger partial charge on any atom is 0.309 e. The monoisotopic (exact) mass is 360 g/mol. The van der Waals surface area contributed by atoms with Crippen LogP contribution in [0.3, 0.4) is 0 Å². The molecule has 3 unspecified atom stereocenters. The fourth-order valence-corrected chi connectivity index (χ4v) is 4.25. The van der Waals surface area contributed by atoms with Gasteiger partial charge in [-0.2, -0.15) is 4.39 Å². The highest BCUT2D eigenvalue weighted by Crippen LogP contribution is 2.67. The zero-order valence-corrected chi connectivity index (χ0v) is 14.1. The Kier molecular flexibility index (Phi) is 4.45. The molecule has 2 aliphatic rings. The molecule has 1 aromatic carbocycles. The quantitative estimate of drug-likeness (QED) is 0.588. The zero-order chi connectivity index (χ0) is 18.4. The van der Waals surface area contributed by atoms with Gasteiger partial charge in [0.15, 0.2) is 11.6 Å². The number of hydrogen-bond donors (Lipinski definition) is 0. The molecule has 2 saturated carbocycles. The second-order valence-corrected chi connectivity index (χ2v) is 6.84. The Morgan fingerprint density at radius 2 is 1.96 bits per heavy atom. The third kappa shape index (κ3) is 2.68. The molecule has 0 aromatic heterocycles. The second kappa shape index (κ2) is 6.18. The maximum atomic E-state index is 14.2. The number of esters is 1. The van der Waals surface area contributed by atoms with Crippen molar-refractivity contribution in [1.29, 1.82) is 0 Å². The van der Waals surface area contributed by atoms with E-state index in [1.165, 1.54) is 13.2 Å². The summed E-state index contributed by atoms with van der Waals surface area (Å²) in [5.41, 5.74) is -1.05. The summed E-state index contributed by atoms with van der Waals surface area (Å²) in [5, 5.41) is 0. The Bertz CT molecular complexity index is 691. The van der Waals surface area contributed by atoms with Gasteiger partial charge < -0.3 is 9.47 Å². The van der Waals surface area contributed by atoms with Crippen molar-refractivity contribution in [3.05, 3.63) is 29.3 Å². The molecule has 2 fully saturated rings. The predicted molar refractivity (Wildman–Crippen MR) is 81.6 cm³/mol. The van der Waals surface area contributed by atoms with E-state index >= 15 is 0 Å². The number of carbonyl (C=O) groups is 1. The summed E-state index contributed by atoms with van der Waals surface area (Å²) in [6.07, 6.45) is 0.0825. The first kappa shape index (κ1) is 18.0. The van der Waals surface area contributed by atoms with Crippen LogP contribution in [0.25, 0.3) is 0 Å². The molecule has 2 aliphatic carbocycles. The van der Waals surface area contributed by atoms with Crippen LogP contribution in [0.4, 0.5) is 17.6 Å². The summed E-state index contributed by atoms with van der Waals surface area (Å²) in [4.78, 5) is 12.3. The van der Waals surface area contributed by atoms with Gasteiger partial charge in [0.05, 0.1) is 19.6 Å². The predicted octanol–water partition coefficient (Wildman–Crippen LogP) is 4.45. The third-order valence-corrected chi connectivity index (χ3v) is 5.67. The van der Waals surface area contributed by atoms with Gasteiger partial charge in [0, 0.05) is 23.3 Å². The van der Waals surface area contributed by atoms with Gasteiger partial charge in [-0.05, 0) is 32.3 Å². The van der Waals surface area contributed by atoms with Crippen molar-refractivity contribution < 1.29 is 31.8 Å². The minimum atomic E-state index is -2.86. The first-order valence-corrected chi connectivity index (χ1v) is 8.32. The molecular formula is C18H20F4O3. The molecule has 3 nitrogen and oxygen atoms in total. The molecule has 0 radical (unpaired) electrons. The summed E-state index contributed by atoms with van der Waals surface area (Å²) in [6.45, 7) is 1.76. The average molecular weight is 360 g/mol. The molecule has 1 spiro atoms. The van der Waals surface area contributed by atoms with Crippen molar-refractivity contribution in [3.63, 3.8) is 0 Å². The van der Waals surface area contributed by atoms with Crippen molar-refractivity contribution in [1.82, 2.24) is 0 Å². The first-order valence-electron chi connectivity index (χ1n) is 8.32. The van der Waals surface area contributed by atoms with Gasteiger partial charge in [-0.25, -0.2) is 13.2 Å². The Balaban J connectivity index is 2.03. The highest BCUT2D eigenvalue weighted by atomic mass is 19.3. The molecular weight excluding hydrogens is 340 g/mol. The third-order valence-electron chi connectivity index (χ3n) is 5.67. The van der Waals surface area contributed by atoms with Gasteiger partial charge in [0.2, 0.25) is 5.82 Å². The zero-order valence-electron chi connectivity index (χ0n) is 14.1. The second-order valence-electron chi connectivity index (χ2n) is 6.84. The fraction of sp³-hybridized carbons (Fsp3) is 0.611. The van der Waals surface area contributed by atoms with Crippen LogP contribution in [-0.4, -0.2) is 25.6 Å². The van der Waals surface area contributed by atoms with Gasteiger partial charge in [-0.3, -0.25) is 4.79 Å². The average Bonchev–Trinajstić information content (AvgIpc) is 3.00. The molecule has 0 amide bonds. The number of rotatable bonds is 4. The van der Waals surface area contributed by atoms with Gasteiger partial charge in [-0.1, -0.05) is 6.07 Å². The molecule has 1 aromatic rings. The molecule has 0 saturated heterocycles. The number of ether oxygens (including phenoxy) is 2. The molecule has 3 rings (SSSR count). The van der Waals surface area contributed by atoms with E-state index in [1.807, 2.05) is 0 Å². The van der Waals surface area contributed by atoms with E-state index in [2.05, 4.69) is 0 Å². The molecule has 0 aliphatic heterocycles. The maximum absolute atomic E-state index is 14.2. The van der Waals surface area contributed by atoms with Crippen LogP contribution in [0.1, 0.15) is 44.1 Å². The van der Waals surface area contributed by atoms with Gasteiger partial charge in [0.25, 0.3) is 5.92 Å². The lowest BCUT2D eigenvalue weighted by molar-refractivity contribution is -0.201. The van der Waals surface area contributed by atoms with Crippen molar-refractivity contribution in [3.8, 4) is 5.75 Å². The standard InChI is InChI=1S/C18H20F4O3/c1-3-25-16(23)12-9-17(6-7-18(17,21)22)8-11(12)10-4-5-13(19)14(20)15(10)24-2/h4-5,11-12H,3,6-9H2,1-2H3. The molecule has 0 heterocycles. The first-order chi connectivity index (χ1) is 11.8. The van der Waals surface area contributed by atoms with E-state index in [0.29, 0.717) is 6.42 Å². The van der Waals surface area contributed by atoms with E-state index in [9.17, 15) is 22.4 Å². The topological polar surface area (TPSA) is 35.5 Å². The number of halogens is 4. The lowest BCUT2D eigenvalue weighted by atomic mass is 9.63. The highest BCUT2D eigenvalue weighted by molar-refractivity contribution is 5.75. The summed E-state index contributed by atoms with van der Waals surface area (Å²) in [6, 6.07) is 2.24. The number of benzene rings is 1. The van der Waals surface area contributed by atoms with Crippen molar-refractivity contribution in [2.75, 3.05) is 13.7 Å². The fourth-order valence-electron chi connectivity index (χ4n) is 4.25. The lowest BCUT2D eigenvalue weighted by Gasteiger charge is -2.47. The van der Waals surface area contributed by atoms with Crippen LogP contribution in [0, 0.1) is 23.0 Å². The summed E-state index contributed by atoms with van der Waals surface area (Å²) < 4.78 is 66.0. The van der Waals surface area contributed by atoms with E-state index < -0.39 is 40.8 Å². The largest absolute Gasteiger partial charge is 0.493 e. The minimum absolute atomic E-state index is 0.0188. The van der Waals surface area contributed by atoms with Crippen molar-refractivity contribution >= 4 is 5.97 Å². The van der Waals surface area contributed by atoms with E-state index in [4.69, 9.17) is 9.47 Å². The normalized spacial score (nSPS) is 30.2. The van der Waals surface area contributed by atoms with Crippen LogP contribution in [0.5, 0.6) is 5.75 Å². The summed E-state index contributed by atoms with van der Waals surface area (Å²) in [7, 11) is 1.18. The van der Waals surface area contributed by atoms with Crippen LogP contribution >= 0.6 is 0 Å². The molecule has 138 valence electrons. The Hall–Kier alpha value is -1.79. The van der Waals surface area contributed by atoms with Gasteiger partial charge >= 0.3 is 5.97 Å². The minimum Gasteiger partial charge on any atom is -0.493 e. The summed E-state index contributed by atoms with van der Waals surface area (Å²) in [5.74, 6) is -7.57. The number of methoxy groups -OCH3 is 1. The van der Waals surface area contributed by atoms with Gasteiger partial charge in [0.1, 0.15) is 0 Å². The molecule has 25 heavy (non-hydrogen) atoms. The Morgan fingerprint density at radius 3 is 2.48 bits per heavy atom. The molecule has 0 bridgehead atoms. The van der Waals surface area contributed by atoms with Crippen LogP contribution in [0.2, 0.25) is 0 Å². The lowest BCUT2D eigenvalue weighted by Crippen LogP contribution is -2.49. The van der Waals surface area contributed by atoms with Crippen LogP contribution < -0.4 is 4.74 Å². The van der Waals surface area contributed by atoms with Crippen LogP contribution in [-0.2, 0) is 9.53 Å². The number of carbonyl (C=O) groups excluding carboxylic acids is 1. The van der Waals surface area contributed by atoms with E-state index in [1.54, 1.807) is 6.92 Å². The highest BCUT2D eigenvalue weighted by Gasteiger charge is 2.67. The van der Waals surface area contributed by atoms with E-state index in [0.717, 1.165) is 6.07 Å². The Morgan fingerprint density at radius 1 is 1.24 bits per heavy atom. The number of hydrogen-bond acceptors (Lipinski definition) is 3. The molecule has 0 N–H and O–H groups in total. The van der Waals surface area contributed by atoms with Crippen molar-refractivity contribution in [2.24, 2.45) is 11.3 Å². The Labute approximate surface area is 143 Å². The molecule has 7 heteroatoms.